The van der Waals surface area contributed by atoms with Gasteiger partial charge in [0.1, 0.15) is 6.61 Å². The largest absolute Gasteiger partial charge is 0.445 e. The fourth-order valence-corrected chi connectivity index (χ4v) is 3.49. The lowest BCUT2D eigenvalue weighted by molar-refractivity contribution is 0.0780. The number of piperidine rings is 1. The van der Waals surface area contributed by atoms with E-state index in [2.05, 4.69) is 10.0 Å². The smallest absolute Gasteiger partial charge is 0.410 e. The molecule has 0 radical (unpaired) electrons. The second-order valence-electron chi connectivity index (χ2n) is 6.38. The first-order chi connectivity index (χ1) is 13.0. The molecule has 0 atom stereocenters. The lowest BCUT2D eigenvalue weighted by atomic mass is 9.82. The van der Waals surface area contributed by atoms with E-state index in [1.807, 2.05) is 36.4 Å². The Bertz CT molecular complexity index is 861. The van der Waals surface area contributed by atoms with Crippen LogP contribution in [0.4, 0.5) is 4.79 Å². The molecule has 1 amide bonds. The van der Waals surface area contributed by atoms with Crippen molar-refractivity contribution in [2.75, 3.05) is 13.1 Å². The van der Waals surface area contributed by atoms with Crippen LogP contribution in [0.5, 0.6) is 0 Å². The zero-order valence-electron chi connectivity index (χ0n) is 14.5. The van der Waals surface area contributed by atoms with Gasteiger partial charge in [-0.25, -0.2) is 4.79 Å². The van der Waals surface area contributed by atoms with Crippen molar-refractivity contribution in [3.05, 3.63) is 80.1 Å². The van der Waals surface area contributed by atoms with Crippen molar-refractivity contribution >= 4 is 29.3 Å². The van der Waals surface area contributed by atoms with Crippen molar-refractivity contribution in [3.8, 4) is 0 Å². The summed E-state index contributed by atoms with van der Waals surface area (Å²) in [7, 11) is 0. The number of ether oxygens (including phenoxy) is 1. The summed E-state index contributed by atoms with van der Waals surface area (Å²) in [5.41, 5.74) is 10.0. The lowest BCUT2D eigenvalue weighted by Gasteiger charge is -2.38. The summed E-state index contributed by atoms with van der Waals surface area (Å²) in [5.74, 6) is 0. The molecule has 0 bridgehead atoms. The van der Waals surface area contributed by atoms with Crippen molar-refractivity contribution in [2.24, 2.45) is 5.11 Å². The molecule has 1 heterocycles. The Hall–Kier alpha value is -2.40. The Balaban J connectivity index is 1.66. The third-order valence-corrected chi connectivity index (χ3v) is 5.49. The van der Waals surface area contributed by atoms with E-state index in [1.165, 1.54) is 0 Å². The van der Waals surface area contributed by atoms with Crippen LogP contribution in [0.1, 0.15) is 24.0 Å². The monoisotopic (exact) mass is 404 g/mol. The molecule has 0 aromatic heterocycles. The molecule has 3 rings (SSSR count). The molecular formula is C19H18Cl2N4O2. The molecule has 2 aromatic rings. The van der Waals surface area contributed by atoms with E-state index in [4.69, 9.17) is 33.5 Å². The van der Waals surface area contributed by atoms with Crippen molar-refractivity contribution in [3.63, 3.8) is 0 Å². The number of hydrogen-bond donors (Lipinski definition) is 0. The lowest BCUT2D eigenvalue weighted by Crippen LogP contribution is -2.44. The van der Waals surface area contributed by atoms with E-state index in [0.717, 1.165) is 11.1 Å². The van der Waals surface area contributed by atoms with E-state index in [9.17, 15) is 4.79 Å². The maximum atomic E-state index is 12.3. The van der Waals surface area contributed by atoms with Crippen molar-refractivity contribution in [2.45, 2.75) is 25.0 Å². The van der Waals surface area contributed by atoms with E-state index in [1.54, 1.807) is 17.0 Å². The normalized spacial score (nSPS) is 15.7. The van der Waals surface area contributed by atoms with Crippen LogP contribution >= 0.6 is 23.2 Å². The minimum Gasteiger partial charge on any atom is -0.445 e. The number of rotatable bonds is 4. The molecule has 0 aliphatic carbocycles. The molecule has 1 fully saturated rings. The zero-order chi connectivity index (χ0) is 19.3. The molecule has 1 aliphatic heterocycles. The number of amides is 1. The molecule has 0 spiro atoms. The van der Waals surface area contributed by atoms with E-state index >= 15 is 0 Å². The summed E-state index contributed by atoms with van der Waals surface area (Å²) in [6.45, 7) is 1.07. The Labute approximate surface area is 167 Å². The van der Waals surface area contributed by atoms with Gasteiger partial charge in [-0.05, 0) is 41.6 Å². The molecular weight excluding hydrogens is 387 g/mol. The summed E-state index contributed by atoms with van der Waals surface area (Å²) in [5, 5.41) is 4.90. The summed E-state index contributed by atoms with van der Waals surface area (Å²) < 4.78 is 5.38. The van der Waals surface area contributed by atoms with Crippen LogP contribution in [0, 0.1) is 0 Å². The highest BCUT2D eigenvalue weighted by Gasteiger charge is 2.37. The van der Waals surface area contributed by atoms with Crippen LogP contribution in [-0.4, -0.2) is 24.1 Å². The van der Waals surface area contributed by atoms with E-state index < -0.39 is 5.54 Å². The van der Waals surface area contributed by atoms with Crippen LogP contribution < -0.4 is 0 Å². The Kier molecular flexibility index (Phi) is 6.11. The minimum absolute atomic E-state index is 0.227. The second kappa shape index (κ2) is 8.53. The molecule has 0 saturated carbocycles. The van der Waals surface area contributed by atoms with Gasteiger partial charge in [-0.1, -0.05) is 64.7 Å². The van der Waals surface area contributed by atoms with Crippen LogP contribution in [-0.2, 0) is 16.9 Å². The number of azide groups is 1. The average Bonchev–Trinajstić information content (AvgIpc) is 2.70. The average molecular weight is 405 g/mol. The fourth-order valence-electron chi connectivity index (χ4n) is 3.19. The predicted molar refractivity (Wildman–Crippen MR) is 105 cm³/mol. The molecule has 1 aliphatic rings. The highest BCUT2D eigenvalue weighted by Crippen LogP contribution is 2.39. The predicted octanol–water partition coefficient (Wildman–Crippen LogP) is 5.93. The highest BCUT2D eigenvalue weighted by atomic mass is 35.5. The van der Waals surface area contributed by atoms with Gasteiger partial charge in [-0.2, -0.15) is 0 Å². The van der Waals surface area contributed by atoms with Crippen LogP contribution in [0.2, 0.25) is 10.0 Å². The summed E-state index contributed by atoms with van der Waals surface area (Å²) >= 11 is 12.1. The first kappa shape index (κ1) is 19.4. The fraction of sp³-hybridized carbons (Fsp3) is 0.316. The number of carbonyl (C=O) groups excluding carboxylic acids is 1. The molecule has 27 heavy (non-hydrogen) atoms. The number of carbonyl (C=O) groups is 1. The van der Waals surface area contributed by atoms with Crippen molar-refractivity contribution < 1.29 is 9.53 Å². The molecule has 0 unspecified atom stereocenters. The van der Waals surface area contributed by atoms with Crippen LogP contribution in [0.3, 0.4) is 0 Å². The number of likely N-dealkylation sites (tertiary alicyclic amines) is 1. The van der Waals surface area contributed by atoms with E-state index in [-0.39, 0.29) is 12.7 Å². The number of halogens is 2. The van der Waals surface area contributed by atoms with Crippen molar-refractivity contribution in [1.82, 2.24) is 4.90 Å². The van der Waals surface area contributed by atoms with Gasteiger partial charge < -0.3 is 9.64 Å². The third-order valence-electron chi connectivity index (χ3n) is 4.75. The third kappa shape index (κ3) is 4.48. The zero-order valence-corrected chi connectivity index (χ0v) is 16.0. The Morgan fingerprint density at radius 3 is 2.48 bits per heavy atom. The molecule has 6 nitrogen and oxygen atoms in total. The van der Waals surface area contributed by atoms with Gasteiger partial charge in [0.2, 0.25) is 0 Å². The molecule has 140 valence electrons. The van der Waals surface area contributed by atoms with Crippen LogP contribution in [0.15, 0.2) is 53.6 Å². The van der Waals surface area contributed by atoms with Gasteiger partial charge in [0.25, 0.3) is 0 Å². The topological polar surface area (TPSA) is 78.3 Å². The van der Waals surface area contributed by atoms with Gasteiger partial charge in [-0.15, -0.1) is 0 Å². The standard InChI is InChI=1S/C19H18Cl2N4O2/c20-16-7-6-15(12-17(16)21)19(23-24-22)8-10-25(11-9-19)18(26)27-13-14-4-2-1-3-5-14/h1-7,12H,8-11,13H2. The SMILES string of the molecule is [N-]=[N+]=NC1(c2ccc(Cl)c(Cl)c2)CCN(C(=O)OCc2ccccc2)CC1. The van der Waals surface area contributed by atoms with Gasteiger partial charge in [0, 0.05) is 18.0 Å². The Morgan fingerprint density at radius 1 is 1.15 bits per heavy atom. The van der Waals surface area contributed by atoms with Gasteiger partial charge in [-0.3, -0.25) is 0 Å². The van der Waals surface area contributed by atoms with E-state index in [0.29, 0.717) is 36.0 Å². The number of nitrogens with zero attached hydrogens (tertiary/aromatic N) is 4. The number of hydrogen-bond acceptors (Lipinski definition) is 3. The summed E-state index contributed by atoms with van der Waals surface area (Å²) in [6, 6.07) is 14.7. The summed E-state index contributed by atoms with van der Waals surface area (Å²) in [4.78, 5) is 17.0. The van der Waals surface area contributed by atoms with Gasteiger partial charge >= 0.3 is 6.09 Å². The van der Waals surface area contributed by atoms with Gasteiger partial charge in [0.15, 0.2) is 0 Å². The first-order valence-electron chi connectivity index (χ1n) is 8.51. The minimum atomic E-state index is -0.751. The second-order valence-corrected chi connectivity index (χ2v) is 7.19. The first-order valence-corrected chi connectivity index (χ1v) is 9.27. The number of benzene rings is 2. The van der Waals surface area contributed by atoms with Crippen molar-refractivity contribution in [1.29, 1.82) is 0 Å². The molecule has 1 saturated heterocycles. The van der Waals surface area contributed by atoms with Gasteiger partial charge in [0.05, 0.1) is 15.6 Å². The molecule has 8 heteroatoms. The quantitative estimate of drug-likeness (QED) is 0.359. The van der Waals surface area contributed by atoms with Crippen LogP contribution in [0.25, 0.3) is 10.4 Å². The molecule has 2 aromatic carbocycles. The maximum Gasteiger partial charge on any atom is 0.410 e. The summed E-state index contributed by atoms with van der Waals surface area (Å²) in [6.07, 6.45) is 0.591. The Morgan fingerprint density at radius 2 is 1.85 bits per heavy atom. The maximum absolute atomic E-state index is 12.3. The molecule has 0 N–H and O–H groups in total. The highest BCUT2D eigenvalue weighted by molar-refractivity contribution is 6.42.